The zero-order valence-corrected chi connectivity index (χ0v) is 13.4. The summed E-state index contributed by atoms with van der Waals surface area (Å²) in [5.41, 5.74) is 4.34. The van der Waals surface area contributed by atoms with E-state index >= 15 is 0 Å². The van der Waals surface area contributed by atoms with Gasteiger partial charge in [-0.3, -0.25) is 4.98 Å². The second-order valence-corrected chi connectivity index (χ2v) is 5.32. The fraction of sp³-hybridized carbons (Fsp3) is 0.562. The van der Waals surface area contributed by atoms with Crippen LogP contribution in [0.3, 0.4) is 0 Å². The van der Waals surface area contributed by atoms with Crippen molar-refractivity contribution in [1.29, 1.82) is 0 Å². The minimum atomic E-state index is 0.270. The lowest BCUT2D eigenvalue weighted by Gasteiger charge is -2.15. The summed E-state index contributed by atoms with van der Waals surface area (Å²) in [6, 6.07) is 2.36. The SMILES string of the molecule is CCCNC(CC)c1nnn(-c2cncc(C)c2)c1CC. The van der Waals surface area contributed by atoms with Crippen LogP contribution < -0.4 is 5.32 Å². The topological polar surface area (TPSA) is 55.6 Å². The van der Waals surface area contributed by atoms with E-state index in [1.54, 1.807) is 0 Å². The Morgan fingerprint density at radius 2 is 2.05 bits per heavy atom. The Morgan fingerprint density at radius 3 is 2.67 bits per heavy atom. The van der Waals surface area contributed by atoms with Crippen LogP contribution >= 0.6 is 0 Å². The molecule has 0 saturated carbocycles. The van der Waals surface area contributed by atoms with E-state index in [-0.39, 0.29) is 6.04 Å². The summed E-state index contributed by atoms with van der Waals surface area (Å²) in [4.78, 5) is 4.26. The summed E-state index contributed by atoms with van der Waals surface area (Å²) in [6.07, 6.45) is 6.72. The third kappa shape index (κ3) is 3.47. The summed E-state index contributed by atoms with van der Waals surface area (Å²) in [7, 11) is 0. The fourth-order valence-corrected chi connectivity index (χ4v) is 2.53. The number of rotatable bonds is 7. The Labute approximate surface area is 126 Å². The molecule has 2 aromatic heterocycles. The summed E-state index contributed by atoms with van der Waals surface area (Å²) in [5, 5.41) is 12.4. The third-order valence-electron chi connectivity index (χ3n) is 3.61. The molecule has 1 atom stereocenters. The molecule has 5 nitrogen and oxygen atoms in total. The first-order chi connectivity index (χ1) is 10.2. The maximum absolute atomic E-state index is 4.44. The van der Waals surface area contributed by atoms with Crippen LogP contribution in [0.1, 0.15) is 56.6 Å². The summed E-state index contributed by atoms with van der Waals surface area (Å²) >= 11 is 0. The van der Waals surface area contributed by atoms with Crippen molar-refractivity contribution in [1.82, 2.24) is 25.3 Å². The minimum absolute atomic E-state index is 0.270. The molecule has 0 radical (unpaired) electrons. The Kier molecular flexibility index (Phi) is 5.44. The lowest BCUT2D eigenvalue weighted by molar-refractivity contribution is 0.503. The van der Waals surface area contributed by atoms with Crippen LogP contribution in [0.15, 0.2) is 18.5 Å². The highest BCUT2D eigenvalue weighted by atomic mass is 15.4. The molecule has 2 rings (SSSR count). The van der Waals surface area contributed by atoms with E-state index in [9.17, 15) is 0 Å². The number of pyridine rings is 1. The third-order valence-corrected chi connectivity index (χ3v) is 3.61. The molecule has 0 aromatic carbocycles. The van der Waals surface area contributed by atoms with Crippen molar-refractivity contribution in [3.8, 4) is 5.69 Å². The second kappa shape index (κ2) is 7.31. The van der Waals surface area contributed by atoms with E-state index in [1.165, 1.54) is 0 Å². The highest BCUT2D eigenvalue weighted by Gasteiger charge is 2.19. The van der Waals surface area contributed by atoms with Crippen LogP contribution in [0.25, 0.3) is 5.69 Å². The molecule has 0 spiro atoms. The average molecular weight is 287 g/mol. The molecule has 0 bridgehead atoms. The average Bonchev–Trinajstić information content (AvgIpc) is 2.92. The minimum Gasteiger partial charge on any atom is -0.309 e. The lowest BCUT2D eigenvalue weighted by atomic mass is 10.1. The van der Waals surface area contributed by atoms with Crippen LogP contribution in [0.2, 0.25) is 0 Å². The zero-order chi connectivity index (χ0) is 15.2. The van der Waals surface area contributed by atoms with E-state index < -0.39 is 0 Å². The van der Waals surface area contributed by atoms with Gasteiger partial charge in [0, 0.05) is 6.20 Å². The molecule has 114 valence electrons. The van der Waals surface area contributed by atoms with Crippen LogP contribution in [-0.2, 0) is 6.42 Å². The van der Waals surface area contributed by atoms with Gasteiger partial charge in [-0.2, -0.15) is 0 Å². The number of nitrogens with zero attached hydrogens (tertiary/aromatic N) is 4. The zero-order valence-electron chi connectivity index (χ0n) is 13.4. The van der Waals surface area contributed by atoms with E-state index in [1.807, 2.05) is 24.0 Å². The number of aromatic nitrogens is 4. The largest absolute Gasteiger partial charge is 0.309 e. The van der Waals surface area contributed by atoms with Crippen molar-refractivity contribution < 1.29 is 0 Å². The fourth-order valence-electron chi connectivity index (χ4n) is 2.53. The summed E-state index contributed by atoms with van der Waals surface area (Å²) < 4.78 is 1.92. The standard InChI is InChI=1S/C16H25N5/c1-5-8-18-14(6-2)16-15(7-3)21(20-19-16)13-9-12(4)10-17-11-13/h9-11,14,18H,5-8H2,1-4H3. The van der Waals surface area contributed by atoms with Gasteiger partial charge in [0.15, 0.2) is 0 Å². The van der Waals surface area contributed by atoms with Crippen molar-refractivity contribution in [2.45, 2.75) is 53.0 Å². The van der Waals surface area contributed by atoms with Gasteiger partial charge in [0.05, 0.1) is 23.6 Å². The van der Waals surface area contributed by atoms with Gasteiger partial charge in [-0.1, -0.05) is 26.0 Å². The number of hydrogen-bond acceptors (Lipinski definition) is 4. The Balaban J connectivity index is 2.37. The molecule has 0 amide bonds. The van der Waals surface area contributed by atoms with Gasteiger partial charge in [0.1, 0.15) is 5.69 Å². The molecule has 0 saturated heterocycles. The van der Waals surface area contributed by atoms with Crippen molar-refractivity contribution in [2.75, 3.05) is 6.54 Å². The summed E-state index contributed by atoms with van der Waals surface area (Å²) in [5.74, 6) is 0. The second-order valence-electron chi connectivity index (χ2n) is 5.32. The van der Waals surface area contributed by atoms with Gasteiger partial charge < -0.3 is 5.32 Å². The first-order valence-electron chi connectivity index (χ1n) is 7.81. The van der Waals surface area contributed by atoms with E-state index in [0.717, 1.165) is 48.4 Å². The van der Waals surface area contributed by atoms with Crippen LogP contribution in [0, 0.1) is 6.92 Å². The lowest BCUT2D eigenvalue weighted by Crippen LogP contribution is -2.23. The van der Waals surface area contributed by atoms with Crippen molar-refractivity contribution in [2.24, 2.45) is 0 Å². The first kappa shape index (κ1) is 15.6. The maximum Gasteiger partial charge on any atom is 0.103 e. The predicted octanol–water partition coefficient (Wildman–Crippen LogP) is 2.98. The number of hydrogen-bond donors (Lipinski definition) is 1. The van der Waals surface area contributed by atoms with Gasteiger partial charge in [-0.15, -0.1) is 5.10 Å². The van der Waals surface area contributed by atoms with Gasteiger partial charge >= 0.3 is 0 Å². The Hall–Kier alpha value is -1.75. The van der Waals surface area contributed by atoms with Crippen LogP contribution in [0.5, 0.6) is 0 Å². The van der Waals surface area contributed by atoms with Gasteiger partial charge in [-0.05, 0) is 44.4 Å². The molecule has 1 N–H and O–H groups in total. The van der Waals surface area contributed by atoms with E-state index in [0.29, 0.717) is 0 Å². The molecule has 0 aliphatic carbocycles. The molecule has 1 unspecified atom stereocenters. The van der Waals surface area contributed by atoms with Crippen LogP contribution in [-0.4, -0.2) is 26.5 Å². The van der Waals surface area contributed by atoms with Gasteiger partial charge in [0.2, 0.25) is 0 Å². The molecule has 0 aliphatic heterocycles. The van der Waals surface area contributed by atoms with E-state index in [4.69, 9.17) is 0 Å². The molecular formula is C16H25N5. The molecular weight excluding hydrogens is 262 g/mol. The molecule has 0 fully saturated rings. The van der Waals surface area contributed by atoms with Crippen molar-refractivity contribution in [3.05, 3.63) is 35.4 Å². The van der Waals surface area contributed by atoms with Crippen molar-refractivity contribution >= 4 is 0 Å². The van der Waals surface area contributed by atoms with E-state index in [2.05, 4.69) is 47.5 Å². The smallest absolute Gasteiger partial charge is 0.103 e. The predicted molar refractivity (Wildman–Crippen MR) is 84.6 cm³/mol. The normalized spacial score (nSPS) is 12.6. The maximum atomic E-state index is 4.44. The number of aryl methyl sites for hydroxylation is 1. The highest BCUT2D eigenvalue weighted by Crippen LogP contribution is 2.21. The molecule has 5 heteroatoms. The first-order valence-corrected chi connectivity index (χ1v) is 7.81. The Morgan fingerprint density at radius 1 is 1.24 bits per heavy atom. The highest BCUT2D eigenvalue weighted by molar-refractivity contribution is 5.34. The van der Waals surface area contributed by atoms with Gasteiger partial charge in [0.25, 0.3) is 0 Å². The summed E-state index contributed by atoms with van der Waals surface area (Å²) in [6.45, 7) is 9.54. The molecule has 2 heterocycles. The molecule has 21 heavy (non-hydrogen) atoms. The quantitative estimate of drug-likeness (QED) is 0.850. The molecule has 2 aromatic rings. The van der Waals surface area contributed by atoms with Gasteiger partial charge in [-0.25, -0.2) is 4.68 Å². The van der Waals surface area contributed by atoms with Crippen LogP contribution in [0.4, 0.5) is 0 Å². The number of nitrogens with one attached hydrogen (secondary N) is 1. The molecule has 0 aliphatic rings. The Bertz CT molecular complexity index is 576. The monoisotopic (exact) mass is 287 g/mol. The van der Waals surface area contributed by atoms with Crippen molar-refractivity contribution in [3.63, 3.8) is 0 Å².